The number of rotatable bonds is 1. The Morgan fingerprint density at radius 3 is 2.80 bits per heavy atom. The van der Waals surface area contributed by atoms with Gasteiger partial charge in [0.2, 0.25) is 0 Å². The molecule has 0 aromatic rings. The summed E-state index contributed by atoms with van der Waals surface area (Å²) >= 11 is 0. The molecule has 84 valence electrons. The fourth-order valence-corrected chi connectivity index (χ4v) is 2.69. The van der Waals surface area contributed by atoms with Crippen LogP contribution in [-0.4, -0.2) is 22.8 Å². The van der Waals surface area contributed by atoms with E-state index in [9.17, 15) is 9.90 Å². The van der Waals surface area contributed by atoms with Crippen LogP contribution >= 0.6 is 0 Å². The summed E-state index contributed by atoms with van der Waals surface area (Å²) in [5.74, 6) is 0.216. The van der Waals surface area contributed by atoms with Gasteiger partial charge in [-0.2, -0.15) is 0 Å². The summed E-state index contributed by atoms with van der Waals surface area (Å²) in [5, 5.41) is 10.1. The van der Waals surface area contributed by atoms with E-state index in [1.807, 2.05) is 6.92 Å². The second kappa shape index (κ2) is 3.63. The molecule has 1 heterocycles. The summed E-state index contributed by atoms with van der Waals surface area (Å²) in [4.78, 5) is 11.1. The number of hydrogen-bond acceptors (Lipinski definition) is 3. The van der Waals surface area contributed by atoms with Gasteiger partial charge in [0, 0.05) is 12.8 Å². The largest absolute Gasteiger partial charge is 0.456 e. The van der Waals surface area contributed by atoms with Crippen molar-refractivity contribution in [1.82, 2.24) is 0 Å². The van der Waals surface area contributed by atoms with E-state index in [1.165, 1.54) is 0 Å². The van der Waals surface area contributed by atoms with Gasteiger partial charge in [0.15, 0.2) is 0 Å². The Bertz CT molecular complexity index is 297. The molecular formula is C12H18O3. The monoisotopic (exact) mass is 210 g/mol. The van der Waals surface area contributed by atoms with Gasteiger partial charge >= 0.3 is 5.97 Å². The fourth-order valence-electron chi connectivity index (χ4n) is 2.69. The molecular weight excluding hydrogens is 192 g/mol. The smallest absolute Gasteiger partial charge is 0.306 e. The molecule has 1 saturated heterocycles. The van der Waals surface area contributed by atoms with Crippen LogP contribution in [0.3, 0.4) is 0 Å². The Kier molecular flexibility index (Phi) is 2.59. The molecule has 0 aromatic carbocycles. The lowest BCUT2D eigenvalue weighted by molar-refractivity contribution is -0.165. The molecule has 1 aliphatic carbocycles. The minimum atomic E-state index is -0.566. The molecule has 2 fully saturated rings. The average molecular weight is 210 g/mol. The molecule has 1 spiro atoms. The molecule has 0 radical (unpaired) electrons. The highest BCUT2D eigenvalue weighted by Crippen LogP contribution is 2.43. The van der Waals surface area contributed by atoms with Crippen molar-refractivity contribution in [2.45, 2.75) is 50.7 Å². The zero-order valence-electron chi connectivity index (χ0n) is 9.16. The van der Waals surface area contributed by atoms with Gasteiger partial charge in [-0.25, -0.2) is 0 Å². The maximum Gasteiger partial charge on any atom is 0.306 e. The number of allylic oxidation sites excluding steroid dienone is 1. The van der Waals surface area contributed by atoms with Crippen LogP contribution in [0.2, 0.25) is 0 Å². The number of ether oxygens (including phenoxy) is 1. The number of carbonyl (C=O) groups is 1. The third-order valence-electron chi connectivity index (χ3n) is 3.80. The van der Waals surface area contributed by atoms with Gasteiger partial charge in [0.25, 0.3) is 0 Å². The maximum absolute atomic E-state index is 11.1. The molecule has 1 aliphatic heterocycles. The number of aliphatic hydroxyl groups excluding tert-OH is 1. The van der Waals surface area contributed by atoms with Gasteiger partial charge < -0.3 is 9.84 Å². The Hall–Kier alpha value is -0.830. The highest BCUT2D eigenvalue weighted by atomic mass is 16.6. The van der Waals surface area contributed by atoms with Crippen LogP contribution in [-0.2, 0) is 9.53 Å². The lowest BCUT2D eigenvalue weighted by Crippen LogP contribution is -2.47. The van der Waals surface area contributed by atoms with Crippen molar-refractivity contribution in [3.8, 4) is 0 Å². The Balaban J connectivity index is 2.07. The Labute approximate surface area is 90.1 Å². The summed E-state index contributed by atoms with van der Waals surface area (Å²) in [7, 11) is 0. The third kappa shape index (κ3) is 1.81. The molecule has 3 heteroatoms. The molecule has 1 unspecified atom stereocenters. The topological polar surface area (TPSA) is 46.5 Å². The summed E-state index contributed by atoms with van der Waals surface area (Å²) in [6.45, 7) is 5.92. The predicted octanol–water partition coefficient (Wildman–Crippen LogP) is 1.80. The van der Waals surface area contributed by atoms with E-state index < -0.39 is 11.7 Å². The molecule has 2 rings (SSSR count). The molecule has 1 N–H and O–H groups in total. The molecule has 2 aliphatic rings. The lowest BCUT2D eigenvalue weighted by atomic mass is 9.73. The van der Waals surface area contributed by atoms with Gasteiger partial charge in [-0.15, -0.1) is 0 Å². The van der Waals surface area contributed by atoms with Crippen LogP contribution in [0.25, 0.3) is 0 Å². The van der Waals surface area contributed by atoms with E-state index in [2.05, 4.69) is 6.58 Å². The molecule has 15 heavy (non-hydrogen) atoms. The molecule has 3 nitrogen and oxygen atoms in total. The van der Waals surface area contributed by atoms with Gasteiger partial charge in [-0.1, -0.05) is 12.2 Å². The van der Waals surface area contributed by atoms with Gasteiger partial charge in [0.05, 0.1) is 6.10 Å². The average Bonchev–Trinajstić information content (AvgIpc) is 2.54. The highest BCUT2D eigenvalue weighted by molar-refractivity contribution is 5.72. The van der Waals surface area contributed by atoms with Crippen molar-refractivity contribution in [2.24, 2.45) is 5.92 Å². The number of aliphatic hydroxyl groups is 1. The van der Waals surface area contributed by atoms with Crippen LogP contribution < -0.4 is 0 Å². The van der Waals surface area contributed by atoms with Crippen LogP contribution in [0.15, 0.2) is 12.2 Å². The standard InChI is InChI=1S/C12H18O3/c1-8(2)9-3-5-12(10(13)7-9)6-4-11(14)15-12/h9-10,13H,1,3-7H2,2H3/t9-,10+,12?/m0/s1. The molecule has 0 aromatic heterocycles. The lowest BCUT2D eigenvalue weighted by Gasteiger charge is -2.40. The van der Waals surface area contributed by atoms with E-state index in [4.69, 9.17) is 4.74 Å². The SMILES string of the molecule is C=C(C)[C@H]1CCC2(CCC(=O)O2)[C@H](O)C1. The van der Waals surface area contributed by atoms with Crippen LogP contribution in [0.5, 0.6) is 0 Å². The quantitative estimate of drug-likeness (QED) is 0.530. The number of esters is 1. The van der Waals surface area contributed by atoms with Gasteiger partial charge in [-0.05, 0) is 32.1 Å². The first kappa shape index (κ1) is 10.7. The minimum absolute atomic E-state index is 0.164. The van der Waals surface area contributed by atoms with Crippen LogP contribution in [0, 0.1) is 5.92 Å². The summed E-state index contributed by atoms with van der Waals surface area (Å²) in [5.41, 5.74) is 0.552. The Morgan fingerprint density at radius 2 is 2.33 bits per heavy atom. The van der Waals surface area contributed by atoms with Crippen molar-refractivity contribution in [3.05, 3.63) is 12.2 Å². The molecule has 3 atom stereocenters. The minimum Gasteiger partial charge on any atom is -0.456 e. The normalized spacial score (nSPS) is 40.5. The predicted molar refractivity (Wildman–Crippen MR) is 56.2 cm³/mol. The first-order chi connectivity index (χ1) is 7.03. The summed E-state index contributed by atoms with van der Waals surface area (Å²) in [6.07, 6.45) is 3.05. The zero-order valence-corrected chi connectivity index (χ0v) is 9.16. The van der Waals surface area contributed by atoms with Crippen molar-refractivity contribution in [1.29, 1.82) is 0 Å². The van der Waals surface area contributed by atoms with Gasteiger partial charge in [0.1, 0.15) is 5.60 Å². The number of carbonyl (C=O) groups excluding carboxylic acids is 1. The summed E-state index contributed by atoms with van der Waals surface area (Å²) < 4.78 is 5.31. The van der Waals surface area contributed by atoms with Crippen molar-refractivity contribution in [3.63, 3.8) is 0 Å². The van der Waals surface area contributed by atoms with E-state index in [0.717, 1.165) is 18.4 Å². The van der Waals surface area contributed by atoms with Crippen LogP contribution in [0.1, 0.15) is 39.0 Å². The fraction of sp³-hybridized carbons (Fsp3) is 0.750. The van der Waals surface area contributed by atoms with Crippen LogP contribution in [0.4, 0.5) is 0 Å². The molecule has 1 saturated carbocycles. The molecule has 0 bridgehead atoms. The third-order valence-corrected chi connectivity index (χ3v) is 3.80. The summed E-state index contributed by atoms with van der Waals surface area (Å²) in [6, 6.07) is 0. The first-order valence-corrected chi connectivity index (χ1v) is 5.59. The van der Waals surface area contributed by atoms with Crippen molar-refractivity contribution in [2.75, 3.05) is 0 Å². The highest BCUT2D eigenvalue weighted by Gasteiger charge is 2.49. The second-order valence-electron chi connectivity index (χ2n) is 4.87. The van der Waals surface area contributed by atoms with Crippen molar-refractivity contribution < 1.29 is 14.6 Å². The van der Waals surface area contributed by atoms with Crippen molar-refractivity contribution >= 4 is 5.97 Å². The first-order valence-electron chi connectivity index (χ1n) is 5.59. The van der Waals surface area contributed by atoms with E-state index in [1.54, 1.807) is 0 Å². The molecule has 0 amide bonds. The van der Waals surface area contributed by atoms with E-state index in [-0.39, 0.29) is 5.97 Å². The number of hydrogen-bond donors (Lipinski definition) is 1. The zero-order chi connectivity index (χ0) is 11.1. The maximum atomic E-state index is 11.1. The van der Waals surface area contributed by atoms with E-state index in [0.29, 0.717) is 25.2 Å². The van der Waals surface area contributed by atoms with E-state index >= 15 is 0 Å². The van der Waals surface area contributed by atoms with Gasteiger partial charge in [-0.3, -0.25) is 4.79 Å². The Morgan fingerprint density at radius 1 is 1.60 bits per heavy atom. The second-order valence-corrected chi connectivity index (χ2v) is 4.87.